The average molecular weight is 190 g/mol. The molecule has 0 atom stereocenters. The molecule has 0 saturated heterocycles. The van der Waals surface area contributed by atoms with Crippen LogP contribution < -0.4 is 0 Å². The Labute approximate surface area is 81.6 Å². The van der Waals surface area contributed by atoms with Gasteiger partial charge in [-0.1, -0.05) is 6.07 Å². The predicted octanol–water partition coefficient (Wildman–Crippen LogP) is 2.35. The number of ether oxygens (including phenoxy) is 1. The van der Waals surface area contributed by atoms with Gasteiger partial charge in [-0.05, 0) is 17.7 Å². The van der Waals surface area contributed by atoms with E-state index < -0.39 is 0 Å². The average Bonchev–Trinajstić information content (AvgIpc) is 2.61. The third kappa shape index (κ3) is 1.79. The van der Waals surface area contributed by atoms with Crippen LogP contribution in [0.25, 0.3) is 0 Å². The van der Waals surface area contributed by atoms with E-state index in [-0.39, 0.29) is 5.97 Å². The Balaban J connectivity index is 2.10. The van der Waals surface area contributed by atoms with E-state index in [4.69, 9.17) is 4.74 Å². The second-order valence-electron chi connectivity index (χ2n) is 3.14. The fourth-order valence-electron chi connectivity index (χ4n) is 1.33. The van der Waals surface area contributed by atoms with Crippen LogP contribution in [0.1, 0.15) is 18.1 Å². The summed E-state index contributed by atoms with van der Waals surface area (Å²) in [6.45, 7) is 2.35. The van der Waals surface area contributed by atoms with E-state index in [1.54, 1.807) is 0 Å². The van der Waals surface area contributed by atoms with Gasteiger partial charge in [-0.25, -0.2) is 0 Å². The maximum Gasteiger partial charge on any atom is 0.302 e. The summed E-state index contributed by atoms with van der Waals surface area (Å²) < 4.78 is 4.89. The van der Waals surface area contributed by atoms with E-state index in [2.05, 4.69) is 10.2 Å². The van der Waals surface area contributed by atoms with Crippen LogP contribution in [0, 0.1) is 0 Å². The Hall–Kier alpha value is -1.71. The third-order valence-electron chi connectivity index (χ3n) is 2.01. The van der Waals surface area contributed by atoms with Crippen molar-refractivity contribution in [3.8, 4) is 0 Å². The summed E-state index contributed by atoms with van der Waals surface area (Å²) in [5.74, 6) is -0.264. The number of rotatable bonds is 2. The first-order valence-corrected chi connectivity index (χ1v) is 4.38. The van der Waals surface area contributed by atoms with E-state index in [0.717, 1.165) is 16.8 Å². The summed E-state index contributed by atoms with van der Waals surface area (Å²) in [4.78, 5) is 10.6. The van der Waals surface area contributed by atoms with Crippen LogP contribution in [-0.4, -0.2) is 5.97 Å². The first-order chi connectivity index (χ1) is 6.75. The zero-order chi connectivity index (χ0) is 9.97. The van der Waals surface area contributed by atoms with Gasteiger partial charge < -0.3 is 4.74 Å². The van der Waals surface area contributed by atoms with Crippen LogP contribution >= 0.6 is 0 Å². The van der Waals surface area contributed by atoms with Crippen molar-refractivity contribution >= 4 is 11.7 Å². The molecule has 4 heteroatoms. The third-order valence-corrected chi connectivity index (χ3v) is 2.01. The molecule has 1 aromatic carbocycles. The van der Waals surface area contributed by atoms with E-state index in [1.165, 1.54) is 6.92 Å². The molecule has 2 rings (SSSR count). The van der Waals surface area contributed by atoms with Crippen LogP contribution in [0.2, 0.25) is 0 Å². The highest BCUT2D eigenvalue weighted by Gasteiger charge is 2.08. The molecular weight excluding hydrogens is 180 g/mol. The molecule has 0 N–H and O–H groups in total. The molecule has 0 fully saturated rings. The van der Waals surface area contributed by atoms with Gasteiger partial charge in [0.05, 0.1) is 12.2 Å². The van der Waals surface area contributed by atoms with Crippen molar-refractivity contribution in [3.05, 3.63) is 29.3 Å². The molecule has 72 valence electrons. The van der Waals surface area contributed by atoms with Crippen LogP contribution in [0.3, 0.4) is 0 Å². The van der Waals surface area contributed by atoms with Crippen molar-refractivity contribution < 1.29 is 9.53 Å². The monoisotopic (exact) mass is 190 g/mol. The topological polar surface area (TPSA) is 51.0 Å². The maximum absolute atomic E-state index is 10.6. The number of carbonyl (C=O) groups excluding carboxylic acids is 1. The highest BCUT2D eigenvalue weighted by molar-refractivity contribution is 5.66. The van der Waals surface area contributed by atoms with Crippen molar-refractivity contribution in [2.45, 2.75) is 20.1 Å². The van der Waals surface area contributed by atoms with Gasteiger partial charge in [-0.15, -0.1) is 0 Å². The van der Waals surface area contributed by atoms with E-state index in [0.29, 0.717) is 13.2 Å². The number of azo groups is 1. The molecule has 1 aliphatic heterocycles. The van der Waals surface area contributed by atoms with Gasteiger partial charge in [-0.3, -0.25) is 4.79 Å². The first kappa shape index (κ1) is 8.87. The molecule has 0 unspecified atom stereocenters. The smallest absolute Gasteiger partial charge is 0.302 e. The number of nitrogens with zero attached hydrogens (tertiary/aromatic N) is 2. The number of hydrogen-bond acceptors (Lipinski definition) is 4. The largest absolute Gasteiger partial charge is 0.461 e. The van der Waals surface area contributed by atoms with E-state index in [9.17, 15) is 4.79 Å². The zero-order valence-electron chi connectivity index (χ0n) is 7.86. The number of esters is 1. The van der Waals surface area contributed by atoms with Crippen molar-refractivity contribution in [2.24, 2.45) is 10.2 Å². The fourth-order valence-corrected chi connectivity index (χ4v) is 1.33. The molecule has 0 bridgehead atoms. The van der Waals surface area contributed by atoms with Crippen LogP contribution in [-0.2, 0) is 22.7 Å². The highest BCUT2D eigenvalue weighted by Crippen LogP contribution is 2.27. The summed E-state index contributed by atoms with van der Waals surface area (Å²) in [6, 6.07) is 5.76. The van der Waals surface area contributed by atoms with Gasteiger partial charge in [0.1, 0.15) is 6.61 Å². The Morgan fingerprint density at radius 1 is 1.57 bits per heavy atom. The molecule has 0 amide bonds. The Morgan fingerprint density at radius 2 is 2.43 bits per heavy atom. The van der Waals surface area contributed by atoms with Crippen LogP contribution in [0.4, 0.5) is 5.69 Å². The van der Waals surface area contributed by atoms with Crippen molar-refractivity contribution in [3.63, 3.8) is 0 Å². The minimum absolute atomic E-state index is 0.264. The van der Waals surface area contributed by atoms with Crippen molar-refractivity contribution in [2.75, 3.05) is 0 Å². The first-order valence-electron chi connectivity index (χ1n) is 4.38. The zero-order valence-corrected chi connectivity index (χ0v) is 7.86. The van der Waals surface area contributed by atoms with Crippen molar-refractivity contribution in [1.29, 1.82) is 0 Å². The van der Waals surface area contributed by atoms with Gasteiger partial charge in [0.15, 0.2) is 0 Å². The minimum atomic E-state index is -0.264. The molecule has 0 saturated carbocycles. The van der Waals surface area contributed by atoms with Gasteiger partial charge in [0, 0.05) is 12.5 Å². The summed E-state index contributed by atoms with van der Waals surface area (Å²) in [5.41, 5.74) is 2.98. The summed E-state index contributed by atoms with van der Waals surface area (Å²) in [6.07, 6.45) is 0. The lowest BCUT2D eigenvalue weighted by atomic mass is 10.1. The molecule has 0 aromatic heterocycles. The molecule has 14 heavy (non-hydrogen) atoms. The molecule has 0 aliphatic carbocycles. The number of benzene rings is 1. The second kappa shape index (κ2) is 3.57. The van der Waals surface area contributed by atoms with Gasteiger partial charge >= 0.3 is 5.97 Å². The normalized spacial score (nSPS) is 12.6. The summed E-state index contributed by atoms with van der Waals surface area (Å²) in [7, 11) is 0. The highest BCUT2D eigenvalue weighted by atomic mass is 16.5. The summed E-state index contributed by atoms with van der Waals surface area (Å²) >= 11 is 0. The van der Waals surface area contributed by atoms with E-state index >= 15 is 0 Å². The van der Waals surface area contributed by atoms with Gasteiger partial charge in [0.2, 0.25) is 0 Å². The molecular formula is C10H10N2O2. The summed E-state index contributed by atoms with van der Waals surface area (Å²) in [5, 5.41) is 7.86. The maximum atomic E-state index is 10.6. The Morgan fingerprint density at radius 3 is 3.21 bits per heavy atom. The minimum Gasteiger partial charge on any atom is -0.461 e. The lowest BCUT2D eigenvalue weighted by Crippen LogP contribution is -1.98. The van der Waals surface area contributed by atoms with Gasteiger partial charge in [0.25, 0.3) is 0 Å². The molecule has 1 aliphatic rings. The SMILES string of the molecule is CC(=O)OCc1ccc2c(c1)CN=N2. The van der Waals surface area contributed by atoms with Crippen LogP contribution in [0.5, 0.6) is 0 Å². The lowest BCUT2D eigenvalue weighted by molar-refractivity contribution is -0.142. The van der Waals surface area contributed by atoms with Crippen molar-refractivity contribution in [1.82, 2.24) is 0 Å². The molecule has 0 radical (unpaired) electrons. The van der Waals surface area contributed by atoms with Crippen LogP contribution in [0.15, 0.2) is 28.4 Å². The molecule has 1 aromatic rings. The van der Waals surface area contributed by atoms with Gasteiger partial charge in [-0.2, -0.15) is 10.2 Å². The standard InChI is InChI=1S/C10H10N2O2/c1-7(13)14-6-8-2-3-10-9(4-8)5-11-12-10/h2-4H,5-6H2,1H3. The number of carbonyl (C=O) groups is 1. The Bertz CT molecular complexity index is 399. The number of hydrogen-bond donors (Lipinski definition) is 0. The second-order valence-corrected chi connectivity index (χ2v) is 3.14. The van der Waals surface area contributed by atoms with E-state index in [1.807, 2.05) is 18.2 Å². The fraction of sp³-hybridized carbons (Fsp3) is 0.300. The Kier molecular flexibility index (Phi) is 2.26. The molecule has 0 spiro atoms. The lowest BCUT2D eigenvalue weighted by Gasteiger charge is -2.03. The predicted molar refractivity (Wildman–Crippen MR) is 50.1 cm³/mol. The number of fused-ring (bicyclic) bond motifs is 1. The quantitative estimate of drug-likeness (QED) is 0.672. The molecule has 1 heterocycles. The molecule has 4 nitrogen and oxygen atoms in total.